The first-order chi connectivity index (χ1) is 17.0. The first kappa shape index (κ1) is 24.1. The number of fused-ring (bicyclic) bond motifs is 5. The highest BCUT2D eigenvalue weighted by atomic mass is 16.5. The Balaban J connectivity index is 1.16. The van der Waals surface area contributed by atoms with E-state index in [0.29, 0.717) is 42.4 Å². The molecule has 1 heterocycles. The molecule has 2 aromatic rings. The van der Waals surface area contributed by atoms with Crippen LogP contribution in [-0.2, 0) is 22.6 Å². The summed E-state index contributed by atoms with van der Waals surface area (Å²) in [4.78, 5) is 25.3. The second-order valence-corrected chi connectivity index (χ2v) is 11.2. The number of amides is 1. The second-order valence-electron chi connectivity index (χ2n) is 11.2. The third-order valence-corrected chi connectivity index (χ3v) is 9.30. The van der Waals surface area contributed by atoms with Crippen LogP contribution in [0.25, 0.3) is 0 Å². The topological polar surface area (TPSA) is 68.5 Å². The molecule has 0 spiro atoms. The molecule has 3 aliphatic carbocycles. The van der Waals surface area contributed by atoms with Crippen molar-refractivity contribution in [3.05, 3.63) is 53.5 Å². The molecule has 5 heteroatoms. The Labute approximate surface area is 209 Å². The Bertz CT molecular complexity index is 1040. The van der Waals surface area contributed by atoms with E-state index in [-0.39, 0.29) is 11.3 Å². The van der Waals surface area contributed by atoms with Crippen LogP contribution in [0.1, 0.15) is 87.5 Å². The lowest BCUT2D eigenvalue weighted by molar-refractivity contribution is -0.129. The second kappa shape index (κ2) is 10.2. The Morgan fingerprint density at radius 2 is 2.09 bits per heavy atom. The van der Waals surface area contributed by atoms with Gasteiger partial charge in [0.15, 0.2) is 0 Å². The average Bonchev–Trinajstić information content (AvgIpc) is 3.48. The van der Waals surface area contributed by atoms with E-state index in [1.54, 1.807) is 13.4 Å². The fourth-order valence-electron chi connectivity index (χ4n) is 7.57. The molecule has 1 N–H and O–H groups in total. The van der Waals surface area contributed by atoms with Gasteiger partial charge in [0.1, 0.15) is 17.3 Å². The zero-order valence-corrected chi connectivity index (χ0v) is 21.2. The molecular formula is C30H39NO4. The Kier molecular flexibility index (Phi) is 7.04. The van der Waals surface area contributed by atoms with E-state index in [1.165, 1.54) is 17.5 Å². The summed E-state index contributed by atoms with van der Waals surface area (Å²) in [7, 11) is 1.74. The molecule has 2 saturated carbocycles. The van der Waals surface area contributed by atoms with Crippen molar-refractivity contribution in [3.63, 3.8) is 0 Å². The number of Topliss-reactive ketones (excluding diaryl/α,β-unsaturated/α-hetero) is 1. The van der Waals surface area contributed by atoms with Gasteiger partial charge in [-0.2, -0.15) is 0 Å². The third-order valence-electron chi connectivity index (χ3n) is 9.30. The molecule has 5 atom stereocenters. The van der Waals surface area contributed by atoms with E-state index in [1.807, 2.05) is 12.1 Å². The van der Waals surface area contributed by atoms with Crippen LogP contribution < -0.4 is 10.1 Å². The van der Waals surface area contributed by atoms with Crippen molar-refractivity contribution >= 4 is 11.7 Å². The number of carbonyl (C=O) groups excluding carboxylic acids is 2. The van der Waals surface area contributed by atoms with E-state index < -0.39 is 0 Å². The van der Waals surface area contributed by atoms with Gasteiger partial charge in [0, 0.05) is 18.3 Å². The highest BCUT2D eigenvalue weighted by Crippen LogP contribution is 2.62. The maximum absolute atomic E-state index is 13.2. The number of benzene rings is 1. The molecular weight excluding hydrogens is 438 g/mol. The fraction of sp³-hybridized carbons (Fsp3) is 0.600. The van der Waals surface area contributed by atoms with Gasteiger partial charge in [-0.15, -0.1) is 0 Å². The summed E-state index contributed by atoms with van der Waals surface area (Å²) in [5.41, 5.74) is 2.81. The molecule has 2 fully saturated rings. The molecule has 1 amide bonds. The van der Waals surface area contributed by atoms with E-state index in [9.17, 15) is 9.59 Å². The predicted octanol–water partition coefficient (Wildman–Crippen LogP) is 6.21. The van der Waals surface area contributed by atoms with Crippen LogP contribution in [0.5, 0.6) is 5.75 Å². The van der Waals surface area contributed by atoms with Gasteiger partial charge in [-0.3, -0.25) is 9.59 Å². The van der Waals surface area contributed by atoms with E-state index >= 15 is 0 Å². The molecule has 35 heavy (non-hydrogen) atoms. The Morgan fingerprint density at radius 1 is 1.20 bits per heavy atom. The third kappa shape index (κ3) is 4.79. The van der Waals surface area contributed by atoms with Crippen molar-refractivity contribution in [1.29, 1.82) is 0 Å². The summed E-state index contributed by atoms with van der Waals surface area (Å²) in [6.07, 6.45) is 11.5. The summed E-state index contributed by atoms with van der Waals surface area (Å²) in [5.74, 6) is 4.50. The number of ketones is 1. The quantitative estimate of drug-likeness (QED) is 0.436. The zero-order chi connectivity index (χ0) is 24.4. The normalized spacial score (nSPS) is 29.3. The van der Waals surface area contributed by atoms with Gasteiger partial charge in [-0.25, -0.2) is 0 Å². The van der Waals surface area contributed by atoms with Crippen LogP contribution >= 0.6 is 0 Å². The minimum Gasteiger partial charge on any atom is -0.497 e. The number of hydrogen-bond acceptors (Lipinski definition) is 4. The summed E-state index contributed by atoms with van der Waals surface area (Å²) >= 11 is 0. The van der Waals surface area contributed by atoms with Gasteiger partial charge in [0.05, 0.1) is 19.9 Å². The molecule has 0 aliphatic heterocycles. The maximum atomic E-state index is 13.2. The van der Waals surface area contributed by atoms with Crippen molar-refractivity contribution in [2.45, 2.75) is 83.6 Å². The molecule has 188 valence electrons. The molecule has 0 bridgehead atoms. The number of rotatable bonds is 9. The highest BCUT2D eigenvalue weighted by Gasteiger charge is 2.58. The van der Waals surface area contributed by atoms with Gasteiger partial charge in [-0.1, -0.05) is 25.8 Å². The highest BCUT2D eigenvalue weighted by molar-refractivity contribution is 5.87. The molecule has 5 nitrogen and oxygen atoms in total. The molecule has 0 saturated heterocycles. The minimum absolute atomic E-state index is 0.0812. The summed E-state index contributed by atoms with van der Waals surface area (Å²) in [6.45, 7) is 2.72. The predicted molar refractivity (Wildman–Crippen MR) is 135 cm³/mol. The van der Waals surface area contributed by atoms with Crippen LogP contribution in [0.3, 0.4) is 0 Å². The summed E-state index contributed by atoms with van der Waals surface area (Å²) in [5, 5.41) is 2.93. The van der Waals surface area contributed by atoms with Gasteiger partial charge < -0.3 is 14.5 Å². The number of hydrogen-bond donors (Lipinski definition) is 1. The van der Waals surface area contributed by atoms with E-state index in [4.69, 9.17) is 9.15 Å². The fourth-order valence-corrected chi connectivity index (χ4v) is 7.57. The molecule has 3 aliphatic rings. The maximum Gasteiger partial charge on any atom is 0.220 e. The standard InChI is InChI=1S/C30H39NO4/c1-30-15-14-25-24-13-11-22(34-2)17-20(24)10-12-26(25)29(30)21(18-27(30)32)7-4-3-5-9-28(33)31-19-23-8-6-16-35-23/h6,8,11,13,16-17,21,25-26,29H,3-5,7,9-10,12,14-15,18-19H2,1-2H3,(H,31,33)/t21-,25-,26-,29+,30-/m1/s1. The van der Waals surface area contributed by atoms with Crippen LogP contribution in [0.2, 0.25) is 0 Å². The Morgan fingerprint density at radius 3 is 2.89 bits per heavy atom. The molecule has 0 unspecified atom stereocenters. The first-order valence-corrected chi connectivity index (χ1v) is 13.5. The van der Waals surface area contributed by atoms with E-state index in [0.717, 1.165) is 62.9 Å². The van der Waals surface area contributed by atoms with Crippen molar-refractivity contribution < 1.29 is 18.7 Å². The van der Waals surface area contributed by atoms with Gasteiger partial charge in [-0.05, 0) is 97.6 Å². The lowest BCUT2D eigenvalue weighted by atomic mass is 9.54. The molecule has 0 radical (unpaired) electrons. The number of methoxy groups -OCH3 is 1. The average molecular weight is 478 g/mol. The van der Waals surface area contributed by atoms with Crippen molar-refractivity contribution in [1.82, 2.24) is 5.32 Å². The lowest BCUT2D eigenvalue weighted by Gasteiger charge is -2.50. The lowest BCUT2D eigenvalue weighted by Crippen LogP contribution is -2.44. The van der Waals surface area contributed by atoms with Crippen LogP contribution in [0.15, 0.2) is 41.0 Å². The van der Waals surface area contributed by atoms with Crippen LogP contribution in [0, 0.1) is 23.2 Å². The summed E-state index contributed by atoms with van der Waals surface area (Å²) in [6, 6.07) is 10.3. The number of carbonyl (C=O) groups is 2. The van der Waals surface area contributed by atoms with Gasteiger partial charge in [0.2, 0.25) is 5.91 Å². The Hall–Kier alpha value is -2.56. The molecule has 5 rings (SSSR count). The molecule has 1 aromatic carbocycles. The number of nitrogens with one attached hydrogen (secondary N) is 1. The van der Waals surface area contributed by atoms with Crippen LogP contribution in [0.4, 0.5) is 0 Å². The number of furan rings is 1. The monoisotopic (exact) mass is 477 g/mol. The van der Waals surface area contributed by atoms with Crippen molar-refractivity contribution in [2.75, 3.05) is 7.11 Å². The number of ether oxygens (including phenoxy) is 1. The van der Waals surface area contributed by atoms with Crippen LogP contribution in [-0.4, -0.2) is 18.8 Å². The smallest absolute Gasteiger partial charge is 0.220 e. The minimum atomic E-state index is -0.137. The summed E-state index contributed by atoms with van der Waals surface area (Å²) < 4.78 is 10.7. The van der Waals surface area contributed by atoms with Crippen molar-refractivity contribution in [3.8, 4) is 5.75 Å². The van der Waals surface area contributed by atoms with Gasteiger partial charge >= 0.3 is 0 Å². The van der Waals surface area contributed by atoms with Gasteiger partial charge in [0.25, 0.3) is 0 Å². The van der Waals surface area contributed by atoms with Crippen molar-refractivity contribution in [2.24, 2.45) is 23.2 Å². The number of aryl methyl sites for hydroxylation is 1. The molecule has 1 aromatic heterocycles. The number of unbranched alkanes of at least 4 members (excludes halogenated alkanes) is 2. The SMILES string of the molecule is COc1ccc2c(c1)CC[C@H]1[C@@H]3[C@H](CCCCCC(=O)NCc4ccco4)CC(=O)[C@@]3(C)CC[C@H]21. The van der Waals surface area contributed by atoms with E-state index in [2.05, 4.69) is 30.4 Å². The first-order valence-electron chi connectivity index (χ1n) is 13.5. The zero-order valence-electron chi connectivity index (χ0n) is 21.2. The largest absolute Gasteiger partial charge is 0.497 e.